The van der Waals surface area contributed by atoms with Crippen molar-refractivity contribution in [1.29, 1.82) is 0 Å². The number of nitrogens with zero attached hydrogens (tertiary/aromatic N) is 1. The highest BCUT2D eigenvalue weighted by Gasteiger charge is 2.44. The number of H-pyrrole nitrogens is 1. The van der Waals surface area contributed by atoms with Crippen LogP contribution >= 0.6 is 11.8 Å². The Morgan fingerprint density at radius 1 is 1.29 bits per heavy atom. The van der Waals surface area contributed by atoms with Crippen LogP contribution in [-0.2, 0) is 9.59 Å². The van der Waals surface area contributed by atoms with E-state index in [0.717, 1.165) is 11.0 Å². The molecule has 0 radical (unpaired) electrons. The third-order valence-corrected chi connectivity index (χ3v) is 5.34. The number of hydrogen-bond acceptors (Lipinski definition) is 4. The summed E-state index contributed by atoms with van der Waals surface area (Å²) in [6.45, 7) is 0. The molecule has 3 N–H and O–H groups in total. The molecule has 1 aliphatic rings. The van der Waals surface area contributed by atoms with Gasteiger partial charge in [-0.1, -0.05) is 48.2 Å². The van der Waals surface area contributed by atoms with Gasteiger partial charge in [-0.05, 0) is 18.6 Å². The van der Waals surface area contributed by atoms with Crippen molar-refractivity contribution in [3.05, 3.63) is 48.6 Å². The summed E-state index contributed by atoms with van der Waals surface area (Å²) in [7, 11) is 0. The molecule has 1 aliphatic carbocycles. The van der Waals surface area contributed by atoms with Gasteiger partial charge in [-0.2, -0.15) is 0 Å². The van der Waals surface area contributed by atoms with Crippen LogP contribution in [0.1, 0.15) is 12.8 Å². The Balaban J connectivity index is 1.98. The highest BCUT2D eigenvalue weighted by atomic mass is 32.2. The number of aliphatic carboxylic acids is 2. The lowest BCUT2D eigenvalue weighted by molar-refractivity contribution is -0.149. The summed E-state index contributed by atoms with van der Waals surface area (Å²) in [5.74, 6) is -3.31. The van der Waals surface area contributed by atoms with Crippen LogP contribution < -0.4 is 0 Å². The third-order valence-electron chi connectivity index (χ3n) is 3.98. The molecule has 24 heavy (non-hydrogen) atoms. The van der Waals surface area contributed by atoms with Crippen molar-refractivity contribution in [2.24, 2.45) is 5.92 Å². The lowest BCUT2D eigenvalue weighted by atomic mass is 9.83. The van der Waals surface area contributed by atoms with Gasteiger partial charge in [0, 0.05) is 0 Å². The third kappa shape index (κ3) is 3.21. The van der Waals surface area contributed by atoms with Crippen LogP contribution in [0.2, 0.25) is 0 Å². The predicted octanol–water partition coefficient (Wildman–Crippen LogP) is 3.09. The number of rotatable bonds is 6. The lowest BCUT2D eigenvalue weighted by Crippen LogP contribution is -2.40. The minimum absolute atomic E-state index is 0.426. The number of aromatic nitrogens is 2. The van der Waals surface area contributed by atoms with Gasteiger partial charge in [-0.3, -0.25) is 9.59 Å². The predicted molar refractivity (Wildman–Crippen MR) is 91.0 cm³/mol. The lowest BCUT2D eigenvalue weighted by Gasteiger charge is -2.34. The molecule has 0 fully saturated rings. The van der Waals surface area contributed by atoms with Gasteiger partial charge in [-0.25, -0.2) is 4.98 Å². The minimum atomic E-state index is -1.13. The van der Waals surface area contributed by atoms with Gasteiger partial charge < -0.3 is 15.2 Å². The van der Waals surface area contributed by atoms with Crippen LogP contribution in [0.5, 0.6) is 0 Å². The van der Waals surface area contributed by atoms with Gasteiger partial charge in [0.05, 0.1) is 28.1 Å². The summed E-state index contributed by atoms with van der Waals surface area (Å²) in [5, 5.41) is 19.3. The number of thioether (sulfide) groups is 1. The zero-order valence-electron chi connectivity index (χ0n) is 12.7. The molecule has 1 aromatic heterocycles. The van der Waals surface area contributed by atoms with Crippen molar-refractivity contribution in [1.82, 2.24) is 9.97 Å². The van der Waals surface area contributed by atoms with E-state index >= 15 is 0 Å². The smallest absolute Gasteiger partial charge is 0.308 e. The van der Waals surface area contributed by atoms with Crippen LogP contribution in [-0.4, -0.2) is 36.9 Å². The van der Waals surface area contributed by atoms with E-state index in [-0.39, 0.29) is 0 Å². The van der Waals surface area contributed by atoms with E-state index in [0.29, 0.717) is 11.6 Å². The van der Waals surface area contributed by atoms with E-state index in [1.807, 2.05) is 36.4 Å². The number of fused-ring (bicyclic) bond motifs is 1. The van der Waals surface area contributed by atoms with Crippen LogP contribution in [0.3, 0.4) is 0 Å². The van der Waals surface area contributed by atoms with E-state index in [4.69, 9.17) is 5.11 Å². The van der Waals surface area contributed by atoms with Crippen molar-refractivity contribution < 1.29 is 19.8 Å². The first-order chi connectivity index (χ1) is 11.5. The standard InChI is InChI=1S/C17H16N2O4S/c20-14(21)10-11(15(22)23)17(8-4-1-5-9-17)24-16-18-12-6-2-3-7-13(12)19-16/h1-8,11H,9-10H2,(H,18,19)(H,20,21)(H,22,23). The Labute approximate surface area is 142 Å². The van der Waals surface area contributed by atoms with E-state index in [1.54, 1.807) is 12.2 Å². The van der Waals surface area contributed by atoms with E-state index in [1.165, 1.54) is 11.8 Å². The minimum Gasteiger partial charge on any atom is -0.481 e. The zero-order valence-corrected chi connectivity index (χ0v) is 13.5. The maximum Gasteiger partial charge on any atom is 0.308 e. The number of nitrogens with one attached hydrogen (secondary N) is 1. The molecule has 0 amide bonds. The van der Waals surface area contributed by atoms with Crippen molar-refractivity contribution in [3.63, 3.8) is 0 Å². The van der Waals surface area contributed by atoms with Crippen molar-refractivity contribution in [2.75, 3.05) is 0 Å². The number of allylic oxidation sites excluding steroid dienone is 3. The highest BCUT2D eigenvalue weighted by Crippen LogP contribution is 2.45. The molecular weight excluding hydrogens is 328 g/mol. The van der Waals surface area contributed by atoms with Gasteiger partial charge in [0.1, 0.15) is 0 Å². The van der Waals surface area contributed by atoms with E-state index in [9.17, 15) is 14.7 Å². The summed E-state index contributed by atoms with van der Waals surface area (Å²) in [6, 6.07) is 7.52. The molecule has 0 spiro atoms. The second-order valence-electron chi connectivity index (χ2n) is 5.60. The fourth-order valence-electron chi connectivity index (χ4n) is 2.82. The summed E-state index contributed by atoms with van der Waals surface area (Å²) in [5.41, 5.74) is 1.64. The number of carboxylic acid groups (broad SMARTS) is 2. The molecular formula is C17H16N2O4S. The monoisotopic (exact) mass is 344 g/mol. The number of imidazole rings is 1. The molecule has 0 aliphatic heterocycles. The summed E-state index contributed by atoms with van der Waals surface area (Å²) in [6.07, 6.45) is 7.20. The number of para-hydroxylation sites is 2. The van der Waals surface area contributed by atoms with Crippen LogP contribution in [0, 0.1) is 5.92 Å². The Hall–Kier alpha value is -2.54. The second-order valence-corrected chi connectivity index (χ2v) is 6.95. The number of aromatic amines is 1. The average Bonchev–Trinajstić information content (AvgIpc) is 2.95. The molecule has 1 heterocycles. The van der Waals surface area contributed by atoms with Crippen LogP contribution in [0.15, 0.2) is 53.7 Å². The van der Waals surface area contributed by atoms with Gasteiger partial charge in [-0.15, -0.1) is 0 Å². The molecule has 2 unspecified atom stereocenters. The average molecular weight is 344 g/mol. The fraction of sp³-hybridized carbons (Fsp3) is 0.235. The first-order valence-electron chi connectivity index (χ1n) is 7.43. The highest BCUT2D eigenvalue weighted by molar-refractivity contribution is 8.00. The maximum absolute atomic E-state index is 11.7. The van der Waals surface area contributed by atoms with Gasteiger partial charge in [0.25, 0.3) is 0 Å². The second kappa shape index (κ2) is 6.52. The quantitative estimate of drug-likeness (QED) is 0.744. The summed E-state index contributed by atoms with van der Waals surface area (Å²) < 4.78 is -0.896. The Morgan fingerprint density at radius 3 is 2.71 bits per heavy atom. The molecule has 6 nitrogen and oxygen atoms in total. The number of carboxylic acids is 2. The SMILES string of the molecule is O=C(O)CC(C(=O)O)C1(Sc2nc3ccccc3[nH]2)C=CC=CC1. The van der Waals surface area contributed by atoms with Crippen LogP contribution in [0.25, 0.3) is 11.0 Å². The van der Waals surface area contributed by atoms with Crippen molar-refractivity contribution >= 4 is 34.7 Å². The Kier molecular flexibility index (Phi) is 4.44. The van der Waals surface area contributed by atoms with Crippen LogP contribution in [0.4, 0.5) is 0 Å². The molecule has 2 atom stereocenters. The largest absolute Gasteiger partial charge is 0.481 e. The zero-order chi connectivity index (χ0) is 17.2. The van der Waals surface area contributed by atoms with Crippen molar-refractivity contribution in [3.8, 4) is 0 Å². The number of carbonyl (C=O) groups is 2. The first-order valence-corrected chi connectivity index (χ1v) is 8.24. The molecule has 1 aromatic carbocycles. The molecule has 3 rings (SSSR count). The topological polar surface area (TPSA) is 103 Å². The van der Waals surface area contributed by atoms with Gasteiger partial charge in [0.15, 0.2) is 5.16 Å². The molecule has 0 saturated carbocycles. The Morgan fingerprint density at radius 2 is 2.08 bits per heavy atom. The first kappa shape index (κ1) is 16.3. The molecule has 0 bridgehead atoms. The summed E-state index contributed by atoms with van der Waals surface area (Å²) in [4.78, 5) is 30.5. The molecule has 0 saturated heterocycles. The molecule has 124 valence electrons. The van der Waals surface area contributed by atoms with E-state index < -0.39 is 29.0 Å². The molecule has 2 aromatic rings. The number of hydrogen-bond donors (Lipinski definition) is 3. The van der Waals surface area contributed by atoms with Gasteiger partial charge >= 0.3 is 11.9 Å². The fourth-order valence-corrected chi connectivity index (χ4v) is 4.14. The summed E-state index contributed by atoms with van der Waals surface area (Å²) >= 11 is 1.27. The molecule has 7 heteroatoms. The normalized spacial score (nSPS) is 21.0. The Bertz CT molecular complexity index is 809. The maximum atomic E-state index is 11.7. The number of benzene rings is 1. The van der Waals surface area contributed by atoms with E-state index in [2.05, 4.69) is 9.97 Å². The van der Waals surface area contributed by atoms with Crippen molar-refractivity contribution in [2.45, 2.75) is 22.7 Å². The van der Waals surface area contributed by atoms with Gasteiger partial charge in [0.2, 0.25) is 0 Å².